The Kier molecular flexibility index (Phi) is 3.75. The van der Waals surface area contributed by atoms with Gasteiger partial charge in [-0.25, -0.2) is 4.98 Å². The molecule has 2 heterocycles. The van der Waals surface area contributed by atoms with Crippen molar-refractivity contribution in [2.24, 2.45) is 0 Å². The number of nitrogens with one attached hydrogen (secondary N) is 1. The van der Waals surface area contributed by atoms with Crippen molar-refractivity contribution in [1.82, 2.24) is 9.97 Å². The number of hydrogen-bond donors (Lipinski definition) is 2. The van der Waals surface area contributed by atoms with Gasteiger partial charge in [-0.2, -0.15) is 0 Å². The van der Waals surface area contributed by atoms with Gasteiger partial charge in [0.15, 0.2) is 0 Å². The summed E-state index contributed by atoms with van der Waals surface area (Å²) >= 11 is 0. The van der Waals surface area contributed by atoms with E-state index in [2.05, 4.69) is 9.97 Å². The SMILES string of the molecule is Cc1nc(C2CCOc3ccccc32)[nH]c(=O)c1CCO. The normalized spacial score (nSPS) is 17.1. The summed E-state index contributed by atoms with van der Waals surface area (Å²) in [6.45, 7) is 2.38. The second-order valence-electron chi connectivity index (χ2n) is 5.22. The number of aryl methyl sites for hydroxylation is 1. The topological polar surface area (TPSA) is 75.2 Å². The van der Waals surface area contributed by atoms with Gasteiger partial charge in [-0.1, -0.05) is 18.2 Å². The Bertz CT molecular complexity index is 709. The summed E-state index contributed by atoms with van der Waals surface area (Å²) in [6.07, 6.45) is 1.12. The Morgan fingerprint density at radius 2 is 2.24 bits per heavy atom. The van der Waals surface area contributed by atoms with Crippen LogP contribution in [0.5, 0.6) is 5.75 Å². The number of para-hydroxylation sites is 1. The van der Waals surface area contributed by atoms with E-state index in [0.717, 1.165) is 17.7 Å². The summed E-state index contributed by atoms with van der Waals surface area (Å²) < 4.78 is 5.65. The maximum Gasteiger partial charge on any atom is 0.254 e. The molecule has 0 amide bonds. The molecular formula is C16H18N2O3. The Morgan fingerprint density at radius 1 is 1.43 bits per heavy atom. The average Bonchev–Trinajstić information content (AvgIpc) is 2.50. The van der Waals surface area contributed by atoms with E-state index < -0.39 is 0 Å². The van der Waals surface area contributed by atoms with Crippen LogP contribution >= 0.6 is 0 Å². The number of benzene rings is 1. The van der Waals surface area contributed by atoms with E-state index in [9.17, 15) is 4.79 Å². The summed E-state index contributed by atoms with van der Waals surface area (Å²) in [5.41, 5.74) is 2.14. The van der Waals surface area contributed by atoms with Crippen LogP contribution in [0.3, 0.4) is 0 Å². The molecule has 2 N–H and O–H groups in total. The van der Waals surface area contributed by atoms with Crippen LogP contribution < -0.4 is 10.3 Å². The summed E-state index contributed by atoms with van der Waals surface area (Å²) in [5.74, 6) is 1.58. The molecule has 1 atom stereocenters. The largest absolute Gasteiger partial charge is 0.493 e. The average molecular weight is 286 g/mol. The van der Waals surface area contributed by atoms with Crippen molar-refractivity contribution < 1.29 is 9.84 Å². The molecule has 21 heavy (non-hydrogen) atoms. The Morgan fingerprint density at radius 3 is 3.00 bits per heavy atom. The van der Waals surface area contributed by atoms with Crippen molar-refractivity contribution in [2.45, 2.75) is 25.7 Å². The molecule has 2 aromatic rings. The zero-order valence-electron chi connectivity index (χ0n) is 11.9. The number of H-pyrrole nitrogens is 1. The lowest BCUT2D eigenvalue weighted by molar-refractivity contribution is 0.274. The number of aromatic amines is 1. The van der Waals surface area contributed by atoms with Gasteiger partial charge in [0.05, 0.1) is 6.61 Å². The number of nitrogens with zero attached hydrogens (tertiary/aromatic N) is 1. The van der Waals surface area contributed by atoms with E-state index in [1.165, 1.54) is 0 Å². The first-order valence-electron chi connectivity index (χ1n) is 7.13. The van der Waals surface area contributed by atoms with E-state index in [-0.39, 0.29) is 18.1 Å². The van der Waals surface area contributed by atoms with E-state index >= 15 is 0 Å². The van der Waals surface area contributed by atoms with Gasteiger partial charge in [-0.3, -0.25) is 4.79 Å². The molecule has 0 saturated carbocycles. The van der Waals surface area contributed by atoms with Gasteiger partial charge < -0.3 is 14.8 Å². The minimum Gasteiger partial charge on any atom is -0.493 e. The maximum absolute atomic E-state index is 12.2. The van der Waals surface area contributed by atoms with Crippen LogP contribution in [0, 0.1) is 6.92 Å². The van der Waals surface area contributed by atoms with E-state index in [1.807, 2.05) is 31.2 Å². The highest BCUT2D eigenvalue weighted by Crippen LogP contribution is 2.36. The maximum atomic E-state index is 12.2. The van der Waals surface area contributed by atoms with Gasteiger partial charge in [0.2, 0.25) is 0 Å². The van der Waals surface area contributed by atoms with Gasteiger partial charge in [0, 0.05) is 35.8 Å². The van der Waals surface area contributed by atoms with Crippen molar-refractivity contribution in [2.75, 3.05) is 13.2 Å². The molecule has 0 bridgehead atoms. The standard InChI is InChI=1S/C16H18N2O3/c1-10-11(6-8-19)16(20)18-15(17-10)13-7-9-21-14-5-3-2-4-12(13)14/h2-5,13,19H,6-9H2,1H3,(H,17,18,20). The molecule has 0 saturated heterocycles. The minimum atomic E-state index is -0.157. The predicted octanol–water partition coefficient (Wildman–Crippen LogP) is 1.53. The van der Waals surface area contributed by atoms with Crippen LogP contribution in [0.4, 0.5) is 0 Å². The zero-order valence-corrected chi connectivity index (χ0v) is 11.9. The number of hydrogen-bond acceptors (Lipinski definition) is 4. The molecular weight excluding hydrogens is 268 g/mol. The number of rotatable bonds is 3. The lowest BCUT2D eigenvalue weighted by Crippen LogP contribution is -2.24. The van der Waals surface area contributed by atoms with Crippen LogP contribution in [0.15, 0.2) is 29.1 Å². The number of ether oxygens (including phenoxy) is 1. The number of fused-ring (bicyclic) bond motifs is 1. The van der Waals surface area contributed by atoms with Gasteiger partial charge in [-0.05, 0) is 19.4 Å². The first-order valence-corrected chi connectivity index (χ1v) is 7.13. The molecule has 1 aliphatic heterocycles. The fourth-order valence-corrected chi connectivity index (χ4v) is 2.83. The quantitative estimate of drug-likeness (QED) is 0.897. The van der Waals surface area contributed by atoms with Crippen LogP contribution in [0.25, 0.3) is 0 Å². The smallest absolute Gasteiger partial charge is 0.254 e. The molecule has 1 aromatic heterocycles. The number of aliphatic hydroxyl groups is 1. The summed E-state index contributed by atoms with van der Waals surface area (Å²) in [5, 5.41) is 9.02. The van der Waals surface area contributed by atoms with Crippen LogP contribution in [-0.4, -0.2) is 28.3 Å². The number of aliphatic hydroxyl groups excluding tert-OH is 1. The third-order valence-electron chi connectivity index (χ3n) is 3.89. The predicted molar refractivity (Wildman–Crippen MR) is 78.8 cm³/mol. The van der Waals surface area contributed by atoms with Crippen LogP contribution in [0.2, 0.25) is 0 Å². The molecule has 5 nitrogen and oxygen atoms in total. The van der Waals surface area contributed by atoms with Gasteiger partial charge in [0.25, 0.3) is 5.56 Å². The molecule has 110 valence electrons. The molecule has 0 aliphatic carbocycles. The molecule has 5 heteroatoms. The van der Waals surface area contributed by atoms with Crippen molar-refractivity contribution in [3.8, 4) is 5.75 Å². The van der Waals surface area contributed by atoms with Gasteiger partial charge >= 0.3 is 0 Å². The van der Waals surface area contributed by atoms with Crippen LogP contribution in [0.1, 0.15) is 35.0 Å². The van der Waals surface area contributed by atoms with Crippen molar-refractivity contribution in [3.05, 3.63) is 57.3 Å². The van der Waals surface area contributed by atoms with E-state index in [4.69, 9.17) is 9.84 Å². The Hall–Kier alpha value is -2.14. The molecule has 0 spiro atoms. The van der Waals surface area contributed by atoms with Crippen LogP contribution in [-0.2, 0) is 6.42 Å². The molecule has 0 radical (unpaired) electrons. The summed E-state index contributed by atoms with van der Waals surface area (Å²) in [7, 11) is 0. The molecule has 0 fully saturated rings. The van der Waals surface area contributed by atoms with Gasteiger partial charge in [-0.15, -0.1) is 0 Å². The highest BCUT2D eigenvalue weighted by Gasteiger charge is 2.25. The zero-order chi connectivity index (χ0) is 14.8. The fourth-order valence-electron chi connectivity index (χ4n) is 2.83. The third kappa shape index (κ3) is 2.56. The molecule has 1 aliphatic rings. The highest BCUT2D eigenvalue weighted by molar-refractivity contribution is 5.41. The van der Waals surface area contributed by atoms with Crippen molar-refractivity contribution >= 4 is 0 Å². The third-order valence-corrected chi connectivity index (χ3v) is 3.89. The van der Waals surface area contributed by atoms with Crippen molar-refractivity contribution in [1.29, 1.82) is 0 Å². The van der Waals surface area contributed by atoms with Crippen molar-refractivity contribution in [3.63, 3.8) is 0 Å². The number of aromatic nitrogens is 2. The lowest BCUT2D eigenvalue weighted by Gasteiger charge is -2.25. The molecule has 1 aromatic carbocycles. The second-order valence-corrected chi connectivity index (χ2v) is 5.22. The second kappa shape index (κ2) is 5.69. The Labute approximate surface area is 122 Å². The first-order chi connectivity index (χ1) is 10.2. The van der Waals surface area contributed by atoms with E-state index in [0.29, 0.717) is 30.1 Å². The minimum absolute atomic E-state index is 0.0459. The Balaban J connectivity index is 2.05. The molecule has 1 unspecified atom stereocenters. The summed E-state index contributed by atoms with van der Waals surface area (Å²) in [6, 6.07) is 7.85. The van der Waals surface area contributed by atoms with Gasteiger partial charge in [0.1, 0.15) is 11.6 Å². The molecule has 3 rings (SSSR count). The van der Waals surface area contributed by atoms with E-state index in [1.54, 1.807) is 0 Å². The summed E-state index contributed by atoms with van der Waals surface area (Å²) in [4.78, 5) is 19.6. The fraction of sp³-hybridized carbons (Fsp3) is 0.375. The monoisotopic (exact) mass is 286 g/mol. The highest BCUT2D eigenvalue weighted by atomic mass is 16.5. The first kappa shape index (κ1) is 13.8. The lowest BCUT2D eigenvalue weighted by atomic mass is 9.92.